The molecule has 0 spiro atoms. The molecule has 1 unspecified atom stereocenters. The van der Waals surface area contributed by atoms with Crippen LogP contribution in [-0.4, -0.2) is 46.9 Å². The van der Waals surface area contributed by atoms with Gasteiger partial charge in [-0.3, -0.25) is 0 Å². The minimum atomic E-state index is 0.0609. The maximum absolute atomic E-state index is 5.34. The van der Waals surface area contributed by atoms with Crippen molar-refractivity contribution in [3.63, 3.8) is 0 Å². The van der Waals surface area contributed by atoms with Crippen LogP contribution in [0.1, 0.15) is 6.42 Å². The first-order valence-corrected chi connectivity index (χ1v) is 4.58. The summed E-state index contributed by atoms with van der Waals surface area (Å²) in [5, 5.41) is 0. The molecule has 1 saturated heterocycles. The predicted octanol–water partition coefficient (Wildman–Crippen LogP) is 0.658. The summed E-state index contributed by atoms with van der Waals surface area (Å²) >= 11 is 0. The Labute approximate surface area is 79.1 Å². The normalized spacial score (nSPS) is 21.0. The van der Waals surface area contributed by atoms with Crippen molar-refractivity contribution in [2.24, 2.45) is 5.92 Å². The third kappa shape index (κ3) is 5.21. The molecule has 1 aliphatic heterocycles. The van der Waals surface area contributed by atoms with Crippen LogP contribution in [0.3, 0.4) is 0 Å². The molecule has 4 nitrogen and oxygen atoms in total. The number of ether oxygens (including phenoxy) is 4. The van der Waals surface area contributed by atoms with Crippen LogP contribution in [-0.2, 0) is 18.9 Å². The minimum Gasteiger partial charge on any atom is -0.384 e. The van der Waals surface area contributed by atoms with Crippen LogP contribution in [0.15, 0.2) is 0 Å². The Morgan fingerprint density at radius 1 is 1.31 bits per heavy atom. The van der Waals surface area contributed by atoms with Crippen molar-refractivity contribution in [3.05, 3.63) is 0 Å². The Hall–Kier alpha value is -0.160. The standard InChI is InChI=1S/C9H18O4/c1-10-5-8(6-11-2)3-4-12-9-7-13-9/h8-9H,3-7H2,1-2H3. The van der Waals surface area contributed by atoms with Gasteiger partial charge in [0.05, 0.1) is 19.8 Å². The molecule has 1 heterocycles. The van der Waals surface area contributed by atoms with E-state index in [9.17, 15) is 0 Å². The molecule has 0 amide bonds. The van der Waals surface area contributed by atoms with Crippen molar-refractivity contribution in [3.8, 4) is 0 Å². The van der Waals surface area contributed by atoms with Crippen LogP contribution in [0.4, 0.5) is 0 Å². The number of hydrogen-bond acceptors (Lipinski definition) is 4. The summed E-state index contributed by atoms with van der Waals surface area (Å²) in [4.78, 5) is 0. The van der Waals surface area contributed by atoms with Crippen LogP contribution >= 0.6 is 0 Å². The van der Waals surface area contributed by atoms with E-state index in [4.69, 9.17) is 18.9 Å². The fraction of sp³-hybridized carbons (Fsp3) is 1.00. The lowest BCUT2D eigenvalue weighted by Gasteiger charge is -2.14. The predicted molar refractivity (Wildman–Crippen MR) is 47.6 cm³/mol. The van der Waals surface area contributed by atoms with Gasteiger partial charge < -0.3 is 18.9 Å². The van der Waals surface area contributed by atoms with E-state index < -0.39 is 0 Å². The molecule has 13 heavy (non-hydrogen) atoms. The summed E-state index contributed by atoms with van der Waals surface area (Å²) in [5.41, 5.74) is 0. The molecule has 4 heteroatoms. The van der Waals surface area contributed by atoms with Crippen molar-refractivity contribution < 1.29 is 18.9 Å². The molecule has 1 aliphatic rings. The zero-order valence-corrected chi connectivity index (χ0v) is 8.32. The lowest BCUT2D eigenvalue weighted by atomic mass is 10.1. The largest absolute Gasteiger partial charge is 0.384 e. The van der Waals surface area contributed by atoms with Gasteiger partial charge in [-0.2, -0.15) is 0 Å². The Balaban J connectivity index is 1.98. The average molecular weight is 190 g/mol. The SMILES string of the molecule is COCC(CCOC1CO1)COC. The topological polar surface area (TPSA) is 40.2 Å². The van der Waals surface area contributed by atoms with Crippen molar-refractivity contribution in [2.75, 3.05) is 40.6 Å². The highest BCUT2D eigenvalue weighted by Crippen LogP contribution is 2.12. The van der Waals surface area contributed by atoms with Crippen molar-refractivity contribution in [1.82, 2.24) is 0 Å². The average Bonchev–Trinajstić information content (AvgIpc) is 2.89. The van der Waals surface area contributed by atoms with E-state index in [1.54, 1.807) is 14.2 Å². The number of rotatable bonds is 8. The number of methoxy groups -OCH3 is 2. The first-order valence-electron chi connectivity index (χ1n) is 4.58. The molecule has 1 rings (SSSR count). The molecule has 0 aromatic carbocycles. The maximum atomic E-state index is 5.34. The third-order valence-electron chi connectivity index (χ3n) is 1.94. The highest BCUT2D eigenvalue weighted by molar-refractivity contribution is 4.59. The van der Waals surface area contributed by atoms with Gasteiger partial charge >= 0.3 is 0 Å². The van der Waals surface area contributed by atoms with Crippen molar-refractivity contribution in [2.45, 2.75) is 12.7 Å². The molecule has 0 bridgehead atoms. The molecule has 1 fully saturated rings. The van der Waals surface area contributed by atoms with Crippen LogP contribution in [0, 0.1) is 5.92 Å². The summed E-state index contributed by atoms with van der Waals surface area (Å²) in [6.45, 7) is 2.92. The van der Waals surface area contributed by atoms with Crippen LogP contribution in [0.2, 0.25) is 0 Å². The van der Waals surface area contributed by atoms with E-state index >= 15 is 0 Å². The molecule has 0 saturated carbocycles. The number of epoxide rings is 1. The first-order chi connectivity index (χ1) is 6.36. The van der Waals surface area contributed by atoms with Crippen molar-refractivity contribution >= 4 is 0 Å². The van der Waals surface area contributed by atoms with Gasteiger partial charge in [0.1, 0.15) is 6.61 Å². The van der Waals surface area contributed by atoms with Gasteiger partial charge in [-0.1, -0.05) is 0 Å². The van der Waals surface area contributed by atoms with E-state index in [0.717, 1.165) is 32.8 Å². The molecule has 78 valence electrons. The first kappa shape index (κ1) is 10.9. The lowest BCUT2D eigenvalue weighted by molar-refractivity contribution is 0.0198. The summed E-state index contributed by atoms with van der Waals surface area (Å²) in [7, 11) is 3.40. The minimum absolute atomic E-state index is 0.0609. The summed E-state index contributed by atoms with van der Waals surface area (Å²) < 4.78 is 20.4. The van der Waals surface area contributed by atoms with Gasteiger partial charge in [0, 0.05) is 20.1 Å². The van der Waals surface area contributed by atoms with E-state index in [2.05, 4.69) is 0 Å². The molecule has 0 aromatic heterocycles. The second kappa shape index (κ2) is 6.32. The monoisotopic (exact) mass is 190 g/mol. The number of hydrogen-bond donors (Lipinski definition) is 0. The van der Waals surface area contributed by atoms with E-state index in [1.807, 2.05) is 0 Å². The highest BCUT2D eigenvalue weighted by Gasteiger charge is 2.23. The summed E-state index contributed by atoms with van der Waals surface area (Å²) in [5.74, 6) is 0.425. The van der Waals surface area contributed by atoms with Gasteiger partial charge in [0.25, 0.3) is 0 Å². The van der Waals surface area contributed by atoms with Crippen LogP contribution in [0.5, 0.6) is 0 Å². The molecular formula is C9H18O4. The fourth-order valence-corrected chi connectivity index (χ4v) is 1.19. The van der Waals surface area contributed by atoms with Gasteiger partial charge in [-0.15, -0.1) is 0 Å². The zero-order chi connectivity index (χ0) is 9.52. The lowest BCUT2D eigenvalue weighted by Crippen LogP contribution is -2.17. The second-order valence-electron chi connectivity index (χ2n) is 3.20. The van der Waals surface area contributed by atoms with Gasteiger partial charge in [-0.05, 0) is 6.42 Å². The highest BCUT2D eigenvalue weighted by atomic mass is 16.8. The van der Waals surface area contributed by atoms with Gasteiger partial charge in [0.2, 0.25) is 0 Å². The maximum Gasteiger partial charge on any atom is 0.181 e. The smallest absolute Gasteiger partial charge is 0.181 e. The summed E-state index contributed by atoms with van der Waals surface area (Å²) in [6.07, 6.45) is 1.02. The Morgan fingerprint density at radius 2 is 1.92 bits per heavy atom. The molecule has 0 aliphatic carbocycles. The van der Waals surface area contributed by atoms with E-state index in [1.165, 1.54) is 0 Å². The van der Waals surface area contributed by atoms with E-state index in [-0.39, 0.29) is 6.29 Å². The van der Waals surface area contributed by atoms with Crippen LogP contribution in [0.25, 0.3) is 0 Å². The van der Waals surface area contributed by atoms with Crippen molar-refractivity contribution in [1.29, 1.82) is 0 Å². The van der Waals surface area contributed by atoms with E-state index in [0.29, 0.717) is 5.92 Å². The molecule has 0 aromatic rings. The summed E-state index contributed by atoms with van der Waals surface area (Å²) in [6, 6.07) is 0. The fourth-order valence-electron chi connectivity index (χ4n) is 1.19. The second-order valence-corrected chi connectivity index (χ2v) is 3.20. The molecule has 1 atom stereocenters. The Morgan fingerprint density at radius 3 is 2.38 bits per heavy atom. The van der Waals surface area contributed by atoms with Crippen LogP contribution < -0.4 is 0 Å². The molecular weight excluding hydrogens is 172 g/mol. The van der Waals surface area contributed by atoms with Gasteiger partial charge in [0.15, 0.2) is 6.29 Å². The Bertz CT molecular complexity index is 119. The quantitative estimate of drug-likeness (QED) is 0.527. The Kier molecular flexibility index (Phi) is 5.31. The third-order valence-corrected chi connectivity index (χ3v) is 1.94. The zero-order valence-electron chi connectivity index (χ0n) is 8.32. The molecule has 0 N–H and O–H groups in total. The molecule has 0 radical (unpaired) electrons. The van der Waals surface area contributed by atoms with Gasteiger partial charge in [-0.25, -0.2) is 0 Å².